The number of nitrogens with zero attached hydrogens (tertiary/aromatic N) is 1. The normalized spacial score (nSPS) is 10.3. The Morgan fingerprint density at radius 2 is 1.95 bits per heavy atom. The first-order chi connectivity index (χ1) is 9.61. The first-order valence-corrected chi connectivity index (χ1v) is 5.82. The summed E-state index contributed by atoms with van der Waals surface area (Å²) in [7, 11) is 0. The fourth-order valence-electron chi connectivity index (χ4n) is 1.71. The molecule has 0 atom stereocenters. The van der Waals surface area contributed by atoms with Crippen LogP contribution in [0.5, 0.6) is 0 Å². The summed E-state index contributed by atoms with van der Waals surface area (Å²) in [6.45, 7) is 0. The van der Waals surface area contributed by atoms with E-state index in [2.05, 4.69) is 4.98 Å². The zero-order valence-corrected chi connectivity index (χ0v) is 10.5. The van der Waals surface area contributed by atoms with Crippen LogP contribution >= 0.6 is 0 Å². The summed E-state index contributed by atoms with van der Waals surface area (Å²) in [6, 6.07) is 12.3. The highest BCUT2D eigenvalue weighted by atomic mass is 16.1. The molecule has 0 unspecified atom stereocenters. The van der Waals surface area contributed by atoms with Crippen molar-refractivity contribution in [2.24, 2.45) is 5.73 Å². The highest BCUT2D eigenvalue weighted by Crippen LogP contribution is 2.10. The van der Waals surface area contributed by atoms with Gasteiger partial charge in [-0.1, -0.05) is 36.4 Å². The number of carbonyl (C=O) groups is 1. The predicted octanol–water partition coefficient (Wildman–Crippen LogP) is 1.52. The standard InChI is InChI=1S/C15H11N3O2/c16-9-11-8-12(14(17)19)13(18-15(11)20)7-6-10-4-2-1-3-5-10/h1-8H,(H2,17,19)(H,18,20)/b7-6+. The first kappa shape index (κ1) is 13.3. The van der Waals surface area contributed by atoms with Crippen molar-refractivity contribution in [3.8, 4) is 6.07 Å². The molecule has 0 bridgehead atoms. The van der Waals surface area contributed by atoms with Crippen LogP contribution in [0.2, 0.25) is 0 Å². The zero-order chi connectivity index (χ0) is 14.5. The SMILES string of the molecule is N#Cc1cc(C(N)=O)c(/C=C/c2ccccc2)[nH]c1=O. The molecule has 0 saturated carbocycles. The van der Waals surface area contributed by atoms with Crippen LogP contribution < -0.4 is 11.3 Å². The van der Waals surface area contributed by atoms with Crippen LogP contribution in [0, 0.1) is 11.3 Å². The van der Waals surface area contributed by atoms with E-state index in [0.717, 1.165) is 5.56 Å². The van der Waals surface area contributed by atoms with Gasteiger partial charge >= 0.3 is 0 Å². The average molecular weight is 265 g/mol. The number of nitrogens with two attached hydrogens (primary N) is 1. The van der Waals surface area contributed by atoms with Gasteiger partial charge in [-0.3, -0.25) is 9.59 Å². The van der Waals surface area contributed by atoms with Crippen LogP contribution in [0.25, 0.3) is 12.2 Å². The Kier molecular flexibility index (Phi) is 3.77. The number of aromatic amines is 1. The largest absolute Gasteiger partial charge is 0.366 e. The lowest BCUT2D eigenvalue weighted by Gasteiger charge is -2.02. The molecule has 2 aromatic rings. The van der Waals surface area contributed by atoms with Crippen molar-refractivity contribution in [3.63, 3.8) is 0 Å². The molecule has 0 aliphatic rings. The van der Waals surface area contributed by atoms with E-state index in [1.807, 2.05) is 30.3 Å². The summed E-state index contributed by atoms with van der Waals surface area (Å²) < 4.78 is 0. The number of rotatable bonds is 3. The minimum Gasteiger partial charge on any atom is -0.366 e. The maximum atomic E-state index is 11.6. The molecular formula is C15H11N3O2. The number of primary amides is 1. The lowest BCUT2D eigenvalue weighted by Crippen LogP contribution is -2.19. The number of H-pyrrole nitrogens is 1. The smallest absolute Gasteiger partial charge is 0.266 e. The number of pyridine rings is 1. The van der Waals surface area contributed by atoms with E-state index >= 15 is 0 Å². The molecule has 1 aromatic carbocycles. The highest BCUT2D eigenvalue weighted by molar-refractivity contribution is 5.97. The van der Waals surface area contributed by atoms with Crippen molar-refractivity contribution in [1.82, 2.24) is 4.98 Å². The van der Waals surface area contributed by atoms with Gasteiger partial charge in [0, 0.05) is 0 Å². The summed E-state index contributed by atoms with van der Waals surface area (Å²) in [5.74, 6) is -0.703. The van der Waals surface area contributed by atoms with Gasteiger partial charge in [-0.25, -0.2) is 0 Å². The maximum Gasteiger partial charge on any atom is 0.266 e. The van der Waals surface area contributed by atoms with Gasteiger partial charge in [0.2, 0.25) is 0 Å². The van der Waals surface area contributed by atoms with E-state index in [9.17, 15) is 9.59 Å². The third-order valence-electron chi connectivity index (χ3n) is 2.70. The van der Waals surface area contributed by atoms with E-state index in [1.54, 1.807) is 18.2 Å². The summed E-state index contributed by atoms with van der Waals surface area (Å²) in [5, 5.41) is 8.78. The topological polar surface area (TPSA) is 99.7 Å². The number of benzene rings is 1. The molecule has 20 heavy (non-hydrogen) atoms. The average Bonchev–Trinajstić information content (AvgIpc) is 2.46. The van der Waals surface area contributed by atoms with Crippen LogP contribution in [-0.4, -0.2) is 10.9 Å². The summed E-state index contributed by atoms with van der Waals surface area (Å²) in [5.41, 5.74) is 5.86. The molecule has 0 saturated heterocycles. The van der Waals surface area contributed by atoms with Crippen molar-refractivity contribution in [2.75, 3.05) is 0 Å². The number of nitriles is 1. The molecule has 0 aliphatic carbocycles. The summed E-state index contributed by atoms with van der Waals surface area (Å²) >= 11 is 0. The van der Waals surface area contributed by atoms with Gasteiger partial charge in [0.15, 0.2) is 0 Å². The fraction of sp³-hybridized carbons (Fsp3) is 0. The summed E-state index contributed by atoms with van der Waals surface area (Å²) in [4.78, 5) is 25.4. The molecule has 0 radical (unpaired) electrons. The molecule has 5 nitrogen and oxygen atoms in total. The van der Waals surface area contributed by atoms with Gasteiger partial charge in [-0.2, -0.15) is 5.26 Å². The monoisotopic (exact) mass is 265 g/mol. The van der Waals surface area contributed by atoms with Gasteiger partial charge in [0.05, 0.1) is 11.3 Å². The van der Waals surface area contributed by atoms with Crippen molar-refractivity contribution < 1.29 is 4.79 Å². The number of hydrogen-bond donors (Lipinski definition) is 2. The van der Waals surface area contributed by atoms with Crippen LogP contribution in [0.4, 0.5) is 0 Å². The van der Waals surface area contributed by atoms with Gasteiger partial charge in [-0.05, 0) is 17.7 Å². The molecule has 1 amide bonds. The second-order valence-electron chi connectivity index (χ2n) is 4.06. The first-order valence-electron chi connectivity index (χ1n) is 5.82. The molecule has 0 spiro atoms. The Hall–Kier alpha value is -3.13. The number of aromatic nitrogens is 1. The third kappa shape index (κ3) is 2.82. The van der Waals surface area contributed by atoms with Gasteiger partial charge in [-0.15, -0.1) is 0 Å². The van der Waals surface area contributed by atoms with Gasteiger partial charge < -0.3 is 10.7 Å². The van der Waals surface area contributed by atoms with E-state index in [0.29, 0.717) is 0 Å². The second-order valence-corrected chi connectivity index (χ2v) is 4.06. The number of carbonyl (C=O) groups excluding carboxylic acids is 1. The van der Waals surface area contributed by atoms with E-state index in [1.165, 1.54) is 6.07 Å². The Labute approximate surface area is 115 Å². The molecule has 5 heteroatoms. The molecule has 1 heterocycles. The van der Waals surface area contributed by atoms with E-state index in [4.69, 9.17) is 11.0 Å². The molecule has 98 valence electrons. The molecular weight excluding hydrogens is 254 g/mol. The highest BCUT2D eigenvalue weighted by Gasteiger charge is 2.10. The fourth-order valence-corrected chi connectivity index (χ4v) is 1.71. The van der Waals surface area contributed by atoms with Gasteiger partial charge in [0.1, 0.15) is 11.6 Å². The van der Waals surface area contributed by atoms with Crippen molar-refractivity contribution in [2.45, 2.75) is 0 Å². The van der Waals surface area contributed by atoms with Crippen LogP contribution in [0.3, 0.4) is 0 Å². The Bertz CT molecular complexity index is 768. The maximum absolute atomic E-state index is 11.6. The molecule has 0 aliphatic heterocycles. The quantitative estimate of drug-likeness (QED) is 0.879. The molecule has 3 N–H and O–H groups in total. The van der Waals surface area contributed by atoms with Crippen molar-refractivity contribution >= 4 is 18.1 Å². The number of hydrogen-bond acceptors (Lipinski definition) is 3. The van der Waals surface area contributed by atoms with Crippen LogP contribution in [0.1, 0.15) is 27.2 Å². The lowest BCUT2D eigenvalue weighted by atomic mass is 10.1. The number of nitrogens with one attached hydrogen (secondary N) is 1. The zero-order valence-electron chi connectivity index (χ0n) is 10.5. The Balaban J connectivity index is 2.49. The van der Waals surface area contributed by atoms with Crippen LogP contribution in [0.15, 0.2) is 41.2 Å². The third-order valence-corrected chi connectivity index (χ3v) is 2.70. The second kappa shape index (κ2) is 5.67. The van der Waals surface area contributed by atoms with Crippen molar-refractivity contribution in [3.05, 3.63) is 69.1 Å². The Morgan fingerprint density at radius 3 is 2.55 bits per heavy atom. The molecule has 1 aromatic heterocycles. The molecule has 0 fully saturated rings. The molecule has 2 rings (SSSR count). The van der Waals surface area contributed by atoms with E-state index < -0.39 is 11.5 Å². The lowest BCUT2D eigenvalue weighted by molar-refractivity contribution is 0.0999. The summed E-state index contributed by atoms with van der Waals surface area (Å²) in [6.07, 6.45) is 3.32. The van der Waals surface area contributed by atoms with Gasteiger partial charge in [0.25, 0.3) is 11.5 Å². The minimum absolute atomic E-state index is 0.105. The minimum atomic E-state index is -0.703. The Morgan fingerprint density at radius 1 is 1.25 bits per heavy atom. The predicted molar refractivity (Wildman–Crippen MR) is 75.7 cm³/mol. The van der Waals surface area contributed by atoms with Crippen LogP contribution in [-0.2, 0) is 0 Å². The van der Waals surface area contributed by atoms with Crippen molar-refractivity contribution in [1.29, 1.82) is 5.26 Å². The number of amides is 1. The van der Waals surface area contributed by atoms with E-state index in [-0.39, 0.29) is 16.8 Å².